The molecule has 1 aliphatic heterocycles. The van der Waals surface area contributed by atoms with Crippen molar-refractivity contribution in [3.63, 3.8) is 0 Å². The number of nitrogens with zero attached hydrogens (tertiary/aromatic N) is 8. The molecule has 2 aliphatic carbocycles. The number of hydrogen-bond donors (Lipinski definition) is 3. The van der Waals surface area contributed by atoms with Gasteiger partial charge in [-0.15, -0.1) is 0 Å². The Bertz CT molecular complexity index is 1760. The summed E-state index contributed by atoms with van der Waals surface area (Å²) >= 11 is 6.03. The Balaban J connectivity index is 0.000000170. The Kier molecular flexibility index (Phi) is 13.4. The number of nitrogens with one attached hydrogen (secondary N) is 1. The first-order chi connectivity index (χ1) is 24.2. The van der Waals surface area contributed by atoms with Crippen LogP contribution in [-0.4, -0.2) is 59.5 Å². The number of ether oxygens (including phenoxy) is 1. The predicted octanol–water partition coefficient (Wildman–Crippen LogP) is 7.75. The maximum atomic E-state index is 10.1. The molecule has 3 N–H and O–H groups in total. The van der Waals surface area contributed by atoms with Crippen molar-refractivity contribution in [2.45, 2.75) is 115 Å². The van der Waals surface area contributed by atoms with Crippen molar-refractivity contribution in [1.82, 2.24) is 29.1 Å². The van der Waals surface area contributed by atoms with Gasteiger partial charge in [-0.1, -0.05) is 11.6 Å². The van der Waals surface area contributed by atoms with Gasteiger partial charge in [0.2, 0.25) is 0 Å². The van der Waals surface area contributed by atoms with Crippen LogP contribution < -0.4 is 5.32 Å². The molecule has 0 aromatic carbocycles. The molecule has 7 rings (SSSR count). The molecule has 0 unspecified atom stereocenters. The Morgan fingerprint density at radius 2 is 1.26 bits per heavy atom. The van der Waals surface area contributed by atoms with E-state index in [0.717, 1.165) is 92.5 Å². The molecule has 13 heteroatoms. The standard InChI is InChI=1S/C17H23N5O.C16H19ClN4O.C4H8O/c1-11(23)17-21-14-10-20-16(19-2)9-15(14)22(17)13-5-3-12(4-6-13)7-8-18;1-10(22)16-20-13-9-19-15(17)8-14(13)21(16)12-4-2-11(3-5-12)6-7-18;1-2-4-5-3-1/h9-13,23H,3-7H2,1-2H3,(H,19,20);8-12,22H,2-6H2,1H3;1-4H2/t11-,12?,13?;10-,11?,12?;/m11./s1. The first-order valence-corrected chi connectivity index (χ1v) is 18.4. The fourth-order valence-electron chi connectivity index (χ4n) is 7.49. The number of hydrogen-bond acceptors (Lipinski definition) is 10. The Labute approximate surface area is 299 Å². The second-order valence-corrected chi connectivity index (χ2v) is 14.1. The van der Waals surface area contributed by atoms with Gasteiger partial charge in [0, 0.05) is 57.3 Å². The maximum Gasteiger partial charge on any atom is 0.138 e. The molecule has 4 aromatic rings. The van der Waals surface area contributed by atoms with Crippen LogP contribution in [0.3, 0.4) is 0 Å². The highest BCUT2D eigenvalue weighted by atomic mass is 35.5. The summed E-state index contributed by atoms with van der Waals surface area (Å²) < 4.78 is 9.25. The van der Waals surface area contributed by atoms with Crippen LogP contribution in [0.15, 0.2) is 24.5 Å². The molecule has 3 aliphatic rings. The molecule has 268 valence electrons. The summed E-state index contributed by atoms with van der Waals surface area (Å²) in [6.07, 6.45) is 14.2. The summed E-state index contributed by atoms with van der Waals surface area (Å²) in [5.41, 5.74) is 3.53. The molecule has 2 saturated carbocycles. The zero-order chi connectivity index (χ0) is 35.6. The summed E-state index contributed by atoms with van der Waals surface area (Å²) in [6, 6.07) is 8.99. The van der Waals surface area contributed by atoms with Gasteiger partial charge in [-0.3, -0.25) is 0 Å². The summed E-state index contributed by atoms with van der Waals surface area (Å²) in [5, 5.41) is 41.4. The van der Waals surface area contributed by atoms with Crippen molar-refractivity contribution in [1.29, 1.82) is 10.5 Å². The number of aromatic nitrogens is 6. The van der Waals surface area contributed by atoms with Crippen molar-refractivity contribution in [2.75, 3.05) is 25.6 Å². The van der Waals surface area contributed by atoms with Gasteiger partial charge >= 0.3 is 0 Å². The second kappa shape index (κ2) is 17.9. The van der Waals surface area contributed by atoms with Crippen LogP contribution in [0.5, 0.6) is 0 Å². The fourth-order valence-corrected chi connectivity index (χ4v) is 7.64. The van der Waals surface area contributed by atoms with E-state index < -0.39 is 12.2 Å². The van der Waals surface area contributed by atoms with Gasteiger partial charge in [-0.25, -0.2) is 19.9 Å². The van der Waals surface area contributed by atoms with Gasteiger partial charge in [-0.2, -0.15) is 10.5 Å². The monoisotopic (exact) mass is 703 g/mol. The number of rotatable bonds is 7. The molecule has 0 bridgehead atoms. The molecule has 4 aromatic heterocycles. The van der Waals surface area contributed by atoms with E-state index in [4.69, 9.17) is 26.9 Å². The number of aliphatic hydroxyl groups excluding tert-OH is 2. The molecule has 3 fully saturated rings. The average molecular weight is 704 g/mol. The number of halogens is 1. The molecule has 12 nitrogen and oxygen atoms in total. The van der Waals surface area contributed by atoms with E-state index >= 15 is 0 Å². The number of pyridine rings is 2. The van der Waals surface area contributed by atoms with E-state index in [2.05, 4.69) is 46.5 Å². The molecule has 0 amide bonds. The zero-order valence-electron chi connectivity index (χ0n) is 29.4. The lowest BCUT2D eigenvalue weighted by Crippen LogP contribution is -2.20. The molecule has 0 radical (unpaired) electrons. The van der Waals surface area contributed by atoms with Gasteiger partial charge in [0.25, 0.3) is 0 Å². The minimum atomic E-state index is -0.636. The molecular weight excluding hydrogens is 654 g/mol. The van der Waals surface area contributed by atoms with E-state index in [-0.39, 0.29) is 0 Å². The van der Waals surface area contributed by atoms with Crippen molar-refractivity contribution >= 4 is 39.5 Å². The van der Waals surface area contributed by atoms with E-state index in [0.29, 0.717) is 53.6 Å². The summed E-state index contributed by atoms with van der Waals surface area (Å²) in [5.74, 6) is 3.18. The van der Waals surface area contributed by atoms with Gasteiger partial charge < -0.3 is 29.4 Å². The fraction of sp³-hybridized carbons (Fsp3) is 0.622. The van der Waals surface area contributed by atoms with Crippen LogP contribution in [0.1, 0.15) is 127 Å². The zero-order valence-corrected chi connectivity index (χ0v) is 30.2. The van der Waals surface area contributed by atoms with Crippen LogP contribution in [0.25, 0.3) is 22.1 Å². The molecule has 1 saturated heterocycles. The maximum absolute atomic E-state index is 10.1. The first-order valence-electron chi connectivity index (χ1n) is 18.0. The third-order valence-corrected chi connectivity index (χ3v) is 10.3. The summed E-state index contributed by atoms with van der Waals surface area (Å²) in [4.78, 5) is 17.5. The van der Waals surface area contributed by atoms with E-state index in [1.807, 2.05) is 19.2 Å². The predicted molar refractivity (Wildman–Crippen MR) is 193 cm³/mol. The SMILES string of the molecule is C1CCOC1.CNc1cc2c(cn1)nc([C@@H](C)O)n2C1CCC(CC#N)CC1.C[C@@H](O)c1nc2cnc(Cl)cc2n1C1CCC(CC#N)CC1. The van der Waals surface area contributed by atoms with E-state index in [1.54, 1.807) is 26.2 Å². The largest absolute Gasteiger partial charge is 0.385 e. The van der Waals surface area contributed by atoms with Crippen LogP contribution in [-0.2, 0) is 4.74 Å². The Morgan fingerprint density at radius 1 is 0.800 bits per heavy atom. The van der Waals surface area contributed by atoms with Crippen molar-refractivity contribution in [2.24, 2.45) is 11.8 Å². The second-order valence-electron chi connectivity index (χ2n) is 13.7. The molecular formula is C37H50ClN9O3. The Morgan fingerprint density at radius 3 is 1.66 bits per heavy atom. The first kappa shape index (κ1) is 37.4. The molecule has 0 spiro atoms. The lowest BCUT2D eigenvalue weighted by atomic mass is 9.84. The number of imidazole rings is 2. The van der Waals surface area contributed by atoms with Crippen LogP contribution in [0, 0.1) is 34.5 Å². The number of nitriles is 2. The highest BCUT2D eigenvalue weighted by Crippen LogP contribution is 2.39. The summed E-state index contributed by atoms with van der Waals surface area (Å²) in [6.45, 7) is 5.49. The number of fused-ring (bicyclic) bond motifs is 2. The topological polar surface area (TPSA) is 171 Å². The lowest BCUT2D eigenvalue weighted by Gasteiger charge is -2.30. The molecule has 5 heterocycles. The van der Waals surface area contributed by atoms with Gasteiger partial charge in [0.1, 0.15) is 45.9 Å². The average Bonchev–Trinajstić information content (AvgIpc) is 3.90. The van der Waals surface area contributed by atoms with Crippen molar-refractivity contribution < 1.29 is 14.9 Å². The van der Waals surface area contributed by atoms with Gasteiger partial charge in [-0.05, 0) is 89.9 Å². The van der Waals surface area contributed by atoms with Gasteiger partial charge in [0.15, 0.2) is 0 Å². The molecule has 50 heavy (non-hydrogen) atoms. The Hall–Kier alpha value is -3.81. The van der Waals surface area contributed by atoms with Gasteiger partial charge in [0.05, 0.1) is 35.6 Å². The molecule has 2 atom stereocenters. The van der Waals surface area contributed by atoms with Crippen LogP contribution in [0.4, 0.5) is 5.82 Å². The lowest BCUT2D eigenvalue weighted by molar-refractivity contribution is 0.175. The van der Waals surface area contributed by atoms with Crippen molar-refractivity contribution in [3.05, 3.63) is 41.3 Å². The normalized spacial score (nSPS) is 23.1. The quantitative estimate of drug-likeness (QED) is 0.162. The number of anilines is 1. The minimum absolute atomic E-state index is 0.294. The third kappa shape index (κ3) is 9.10. The highest BCUT2D eigenvalue weighted by Gasteiger charge is 2.28. The van der Waals surface area contributed by atoms with E-state index in [1.165, 1.54) is 12.8 Å². The summed E-state index contributed by atoms with van der Waals surface area (Å²) in [7, 11) is 1.84. The smallest absolute Gasteiger partial charge is 0.138 e. The van der Waals surface area contributed by atoms with E-state index in [9.17, 15) is 10.2 Å². The third-order valence-electron chi connectivity index (χ3n) is 10.1. The number of aliphatic hydroxyl groups is 2. The van der Waals surface area contributed by atoms with Crippen LogP contribution in [0.2, 0.25) is 5.15 Å². The van der Waals surface area contributed by atoms with Crippen molar-refractivity contribution in [3.8, 4) is 12.1 Å². The van der Waals surface area contributed by atoms with Crippen LogP contribution >= 0.6 is 11.6 Å². The highest BCUT2D eigenvalue weighted by molar-refractivity contribution is 6.29. The minimum Gasteiger partial charge on any atom is -0.385 e.